The Bertz CT molecular complexity index is 1090. The molecule has 0 spiro atoms. The second-order valence-corrected chi connectivity index (χ2v) is 6.15. The van der Waals surface area contributed by atoms with Gasteiger partial charge in [-0.05, 0) is 25.1 Å². The van der Waals surface area contributed by atoms with Gasteiger partial charge in [0.05, 0.1) is 22.3 Å². The molecular weight excluding hydrogens is 324 g/mol. The summed E-state index contributed by atoms with van der Waals surface area (Å²) in [6, 6.07) is 21.1. The molecule has 1 N–H and O–H groups in total. The van der Waals surface area contributed by atoms with Crippen LogP contribution in [0.2, 0.25) is 0 Å². The second-order valence-electron chi connectivity index (χ2n) is 6.15. The number of benzene rings is 2. The van der Waals surface area contributed by atoms with Crippen molar-refractivity contribution in [2.75, 3.05) is 5.32 Å². The summed E-state index contributed by atoms with van der Waals surface area (Å²) in [4.78, 5) is 17.7. The van der Waals surface area contributed by atoms with Crippen LogP contribution in [0.25, 0.3) is 22.3 Å². The molecule has 1 amide bonds. The van der Waals surface area contributed by atoms with Crippen LogP contribution in [-0.4, -0.2) is 20.7 Å². The predicted octanol–water partition coefficient (Wildman–Crippen LogP) is 4.20. The maximum Gasteiger partial charge on any atom is 0.256 e. The molecule has 4 rings (SSSR count). The van der Waals surface area contributed by atoms with E-state index in [1.165, 1.54) is 0 Å². The Labute approximate surface area is 151 Å². The number of hydrogen-bond donors (Lipinski definition) is 1. The zero-order valence-corrected chi connectivity index (χ0v) is 14.6. The maximum atomic E-state index is 13.0. The first-order chi connectivity index (χ1) is 12.6. The highest BCUT2D eigenvalue weighted by molar-refractivity contribution is 6.13. The molecule has 0 aliphatic rings. The largest absolute Gasteiger partial charge is 0.322 e. The quantitative estimate of drug-likeness (QED) is 0.607. The monoisotopic (exact) mass is 342 g/mol. The van der Waals surface area contributed by atoms with E-state index >= 15 is 0 Å². The van der Waals surface area contributed by atoms with Crippen molar-refractivity contribution in [3.8, 4) is 11.3 Å². The van der Waals surface area contributed by atoms with Gasteiger partial charge in [0, 0.05) is 18.3 Å². The van der Waals surface area contributed by atoms with E-state index in [2.05, 4.69) is 10.4 Å². The molecule has 2 heterocycles. The molecule has 0 atom stereocenters. The summed E-state index contributed by atoms with van der Waals surface area (Å²) < 4.78 is 1.72. The SMILES string of the molecule is Cc1nn(C)c2nc(-c3ccccc3)cc(C(=O)Nc3ccccc3)c12. The fourth-order valence-electron chi connectivity index (χ4n) is 3.10. The van der Waals surface area contributed by atoms with Crippen LogP contribution in [0.4, 0.5) is 5.69 Å². The zero-order valence-electron chi connectivity index (χ0n) is 14.6. The number of hydrogen-bond acceptors (Lipinski definition) is 3. The minimum absolute atomic E-state index is 0.170. The number of amides is 1. The molecule has 0 aliphatic carbocycles. The van der Waals surface area contributed by atoms with Gasteiger partial charge in [0.1, 0.15) is 0 Å². The fraction of sp³-hybridized carbons (Fsp3) is 0.0952. The summed E-state index contributed by atoms with van der Waals surface area (Å²) in [5.41, 5.74) is 4.52. The van der Waals surface area contributed by atoms with E-state index in [-0.39, 0.29) is 5.91 Å². The van der Waals surface area contributed by atoms with E-state index in [0.29, 0.717) is 11.2 Å². The average molecular weight is 342 g/mol. The summed E-state index contributed by atoms with van der Waals surface area (Å²) in [7, 11) is 1.84. The first-order valence-corrected chi connectivity index (χ1v) is 8.39. The number of nitrogens with zero attached hydrogens (tertiary/aromatic N) is 3. The number of nitrogens with one attached hydrogen (secondary N) is 1. The van der Waals surface area contributed by atoms with Gasteiger partial charge in [0.2, 0.25) is 0 Å². The summed E-state index contributed by atoms with van der Waals surface area (Å²) in [6.07, 6.45) is 0. The van der Waals surface area contributed by atoms with Crippen molar-refractivity contribution in [2.45, 2.75) is 6.92 Å². The Kier molecular flexibility index (Phi) is 3.97. The minimum atomic E-state index is -0.170. The molecule has 2 aromatic carbocycles. The van der Waals surface area contributed by atoms with Crippen molar-refractivity contribution in [2.24, 2.45) is 7.05 Å². The third kappa shape index (κ3) is 2.84. The highest BCUT2D eigenvalue weighted by Gasteiger charge is 2.19. The van der Waals surface area contributed by atoms with Crippen molar-refractivity contribution in [1.82, 2.24) is 14.8 Å². The molecule has 0 radical (unpaired) electrons. The topological polar surface area (TPSA) is 59.8 Å². The molecule has 0 fully saturated rings. The summed E-state index contributed by atoms with van der Waals surface area (Å²) in [5, 5.41) is 8.19. The molecule has 2 aromatic heterocycles. The molecule has 5 heteroatoms. The summed E-state index contributed by atoms with van der Waals surface area (Å²) in [6.45, 7) is 1.89. The minimum Gasteiger partial charge on any atom is -0.322 e. The Balaban J connectivity index is 1.88. The smallest absolute Gasteiger partial charge is 0.256 e. The number of fused-ring (bicyclic) bond motifs is 1. The average Bonchev–Trinajstić information content (AvgIpc) is 2.96. The van der Waals surface area contributed by atoms with E-state index in [1.807, 2.05) is 80.7 Å². The third-order valence-electron chi connectivity index (χ3n) is 4.31. The van der Waals surface area contributed by atoms with Crippen LogP contribution in [0.15, 0.2) is 66.7 Å². The molecule has 0 unspecified atom stereocenters. The van der Waals surface area contributed by atoms with Crippen molar-refractivity contribution < 1.29 is 4.79 Å². The summed E-state index contributed by atoms with van der Waals surface area (Å²) >= 11 is 0. The molecule has 0 aliphatic heterocycles. The lowest BCUT2D eigenvalue weighted by Gasteiger charge is -2.09. The lowest BCUT2D eigenvalue weighted by molar-refractivity contribution is 0.102. The number of carbonyl (C=O) groups is 1. The number of carbonyl (C=O) groups excluding carboxylic acids is 1. The van der Waals surface area contributed by atoms with E-state index in [1.54, 1.807) is 4.68 Å². The van der Waals surface area contributed by atoms with Crippen LogP contribution in [0, 0.1) is 6.92 Å². The second kappa shape index (κ2) is 6.44. The number of aryl methyl sites for hydroxylation is 2. The van der Waals surface area contributed by atoms with E-state index < -0.39 is 0 Å². The van der Waals surface area contributed by atoms with Crippen LogP contribution < -0.4 is 5.32 Å². The zero-order chi connectivity index (χ0) is 18.1. The standard InChI is InChI=1S/C21H18N4O/c1-14-19-17(21(26)22-16-11-7-4-8-12-16)13-18(15-9-5-3-6-10-15)23-20(19)25(2)24-14/h3-13H,1-2H3,(H,22,26). The van der Waals surface area contributed by atoms with Gasteiger partial charge >= 0.3 is 0 Å². The number of aromatic nitrogens is 3. The van der Waals surface area contributed by atoms with Gasteiger partial charge in [-0.2, -0.15) is 5.10 Å². The number of para-hydroxylation sites is 1. The van der Waals surface area contributed by atoms with Crippen LogP contribution in [0.1, 0.15) is 16.1 Å². The number of rotatable bonds is 3. The van der Waals surface area contributed by atoms with Crippen molar-refractivity contribution in [3.63, 3.8) is 0 Å². The Morgan fingerprint density at radius 2 is 1.65 bits per heavy atom. The lowest BCUT2D eigenvalue weighted by atomic mass is 10.0. The van der Waals surface area contributed by atoms with Gasteiger partial charge in [-0.25, -0.2) is 4.98 Å². The predicted molar refractivity (Wildman–Crippen MR) is 103 cm³/mol. The van der Waals surface area contributed by atoms with Crippen molar-refractivity contribution >= 4 is 22.6 Å². The Morgan fingerprint density at radius 3 is 2.35 bits per heavy atom. The first-order valence-electron chi connectivity index (χ1n) is 8.39. The highest BCUT2D eigenvalue weighted by atomic mass is 16.1. The van der Waals surface area contributed by atoms with Crippen molar-refractivity contribution in [1.29, 1.82) is 0 Å². The molecule has 26 heavy (non-hydrogen) atoms. The van der Waals surface area contributed by atoms with E-state index in [9.17, 15) is 4.79 Å². The first kappa shape index (κ1) is 16.0. The van der Waals surface area contributed by atoms with Crippen LogP contribution in [0.5, 0.6) is 0 Å². The Hall–Kier alpha value is -3.47. The van der Waals surface area contributed by atoms with E-state index in [0.717, 1.165) is 28.0 Å². The normalized spacial score (nSPS) is 10.8. The molecule has 4 aromatic rings. The van der Waals surface area contributed by atoms with Crippen LogP contribution in [-0.2, 0) is 7.05 Å². The summed E-state index contributed by atoms with van der Waals surface area (Å²) in [5.74, 6) is -0.170. The van der Waals surface area contributed by atoms with Gasteiger partial charge < -0.3 is 5.32 Å². The van der Waals surface area contributed by atoms with Gasteiger partial charge in [0.15, 0.2) is 5.65 Å². The number of pyridine rings is 1. The van der Waals surface area contributed by atoms with Gasteiger partial charge in [0.25, 0.3) is 5.91 Å². The molecule has 128 valence electrons. The van der Waals surface area contributed by atoms with Gasteiger partial charge in [-0.15, -0.1) is 0 Å². The number of anilines is 1. The maximum absolute atomic E-state index is 13.0. The highest BCUT2D eigenvalue weighted by Crippen LogP contribution is 2.27. The molecule has 0 saturated carbocycles. The molecular formula is C21H18N4O. The van der Waals surface area contributed by atoms with Gasteiger partial charge in [-0.1, -0.05) is 48.5 Å². The van der Waals surface area contributed by atoms with E-state index in [4.69, 9.17) is 4.98 Å². The molecule has 0 bridgehead atoms. The third-order valence-corrected chi connectivity index (χ3v) is 4.31. The fourth-order valence-corrected chi connectivity index (χ4v) is 3.10. The van der Waals surface area contributed by atoms with Crippen molar-refractivity contribution in [3.05, 3.63) is 78.0 Å². The molecule has 0 saturated heterocycles. The molecule has 5 nitrogen and oxygen atoms in total. The Morgan fingerprint density at radius 1 is 1.00 bits per heavy atom. The van der Waals surface area contributed by atoms with Crippen LogP contribution in [0.3, 0.4) is 0 Å². The lowest BCUT2D eigenvalue weighted by Crippen LogP contribution is -2.13. The van der Waals surface area contributed by atoms with Gasteiger partial charge in [-0.3, -0.25) is 9.48 Å². The van der Waals surface area contributed by atoms with Crippen LogP contribution >= 0.6 is 0 Å².